The number of hydrogen-bond donors (Lipinski definition) is 2. The fraction of sp³-hybridized carbons (Fsp3) is 0.190. The molecule has 2 aromatic carbocycles. The Kier molecular flexibility index (Phi) is 7.77. The molecule has 0 bridgehead atoms. The van der Waals surface area contributed by atoms with Gasteiger partial charge in [0.1, 0.15) is 11.5 Å². The molecule has 0 heterocycles. The van der Waals surface area contributed by atoms with Crippen LogP contribution in [0.1, 0.15) is 18.1 Å². The van der Waals surface area contributed by atoms with E-state index in [0.717, 1.165) is 16.9 Å². The van der Waals surface area contributed by atoms with Crippen LogP contribution in [0.3, 0.4) is 0 Å². The first kappa shape index (κ1) is 20.7. The molecule has 0 aliphatic carbocycles. The van der Waals surface area contributed by atoms with E-state index in [1.165, 1.54) is 6.08 Å². The molecule has 0 aliphatic heterocycles. The minimum atomic E-state index is -0.424. The maximum Gasteiger partial charge on any atom is 0.259 e. The Labute approximate surface area is 164 Å². The van der Waals surface area contributed by atoms with E-state index in [-0.39, 0.29) is 6.54 Å². The van der Waals surface area contributed by atoms with Crippen LogP contribution in [0.25, 0.3) is 6.08 Å². The highest BCUT2D eigenvalue weighted by molar-refractivity contribution is 5.99. The van der Waals surface area contributed by atoms with Crippen LogP contribution >= 0.6 is 0 Å². The highest BCUT2D eigenvalue weighted by Gasteiger charge is 2.04. The van der Waals surface area contributed by atoms with E-state index in [1.807, 2.05) is 42.5 Å². The van der Waals surface area contributed by atoms with Gasteiger partial charge in [-0.2, -0.15) is 5.10 Å². The van der Waals surface area contributed by atoms with E-state index in [1.54, 1.807) is 33.3 Å². The van der Waals surface area contributed by atoms with Crippen LogP contribution in [0.2, 0.25) is 0 Å². The molecular formula is C21H23N3O4. The number of nitrogens with zero attached hydrogens (tertiary/aromatic N) is 1. The summed E-state index contributed by atoms with van der Waals surface area (Å²) in [5.41, 5.74) is 4.67. The second-order valence-electron chi connectivity index (χ2n) is 5.75. The van der Waals surface area contributed by atoms with E-state index >= 15 is 0 Å². The van der Waals surface area contributed by atoms with Crippen LogP contribution in [0, 0.1) is 0 Å². The molecule has 2 rings (SSSR count). The predicted octanol–water partition coefficient (Wildman–Crippen LogP) is 2.37. The van der Waals surface area contributed by atoms with E-state index in [4.69, 9.17) is 9.47 Å². The zero-order valence-electron chi connectivity index (χ0n) is 16.1. The molecule has 0 aliphatic rings. The van der Waals surface area contributed by atoms with Gasteiger partial charge in [-0.05, 0) is 48.9 Å². The lowest BCUT2D eigenvalue weighted by Crippen LogP contribution is -2.34. The molecule has 2 N–H and O–H groups in total. The van der Waals surface area contributed by atoms with Crippen LogP contribution < -0.4 is 20.2 Å². The highest BCUT2D eigenvalue weighted by atomic mass is 16.5. The number of amides is 2. The van der Waals surface area contributed by atoms with Crippen LogP contribution in [-0.2, 0) is 9.59 Å². The third-order valence-electron chi connectivity index (χ3n) is 3.83. The fourth-order valence-electron chi connectivity index (χ4n) is 2.28. The summed E-state index contributed by atoms with van der Waals surface area (Å²) in [6.45, 7) is 1.59. The van der Waals surface area contributed by atoms with Crippen LogP contribution in [0.5, 0.6) is 11.5 Å². The Hall–Kier alpha value is -3.61. The van der Waals surface area contributed by atoms with Crippen molar-refractivity contribution in [3.63, 3.8) is 0 Å². The molecule has 28 heavy (non-hydrogen) atoms. The van der Waals surface area contributed by atoms with Crippen molar-refractivity contribution in [2.24, 2.45) is 5.10 Å². The number of carbonyl (C=O) groups is 2. The van der Waals surface area contributed by atoms with Gasteiger partial charge in [0.05, 0.1) is 26.5 Å². The summed E-state index contributed by atoms with van der Waals surface area (Å²) >= 11 is 0. The van der Waals surface area contributed by atoms with E-state index in [9.17, 15) is 9.59 Å². The largest absolute Gasteiger partial charge is 0.497 e. The van der Waals surface area contributed by atoms with Gasteiger partial charge < -0.3 is 14.8 Å². The molecule has 2 amide bonds. The topological polar surface area (TPSA) is 89.0 Å². The third kappa shape index (κ3) is 6.28. The zero-order valence-corrected chi connectivity index (χ0v) is 16.1. The van der Waals surface area contributed by atoms with Gasteiger partial charge in [0.15, 0.2) is 0 Å². The summed E-state index contributed by atoms with van der Waals surface area (Å²) in [6.07, 6.45) is 2.97. The molecule has 0 atom stereocenters. The van der Waals surface area contributed by atoms with Gasteiger partial charge in [-0.3, -0.25) is 9.59 Å². The number of hydrazone groups is 1. The van der Waals surface area contributed by atoms with E-state index < -0.39 is 11.8 Å². The number of para-hydroxylation sites is 1. The smallest absolute Gasteiger partial charge is 0.259 e. The SMILES string of the molecule is COc1ccc(/C(C)=N/NC(=O)CNC(=O)/C=C/c2ccccc2OC)cc1. The normalized spacial score (nSPS) is 11.2. The Balaban J connectivity index is 1.82. The first-order chi connectivity index (χ1) is 13.5. The maximum atomic E-state index is 11.9. The minimum Gasteiger partial charge on any atom is -0.497 e. The number of benzene rings is 2. The number of nitrogens with one attached hydrogen (secondary N) is 2. The molecule has 7 heteroatoms. The number of hydrogen-bond acceptors (Lipinski definition) is 5. The van der Waals surface area contributed by atoms with Crippen LogP contribution in [-0.4, -0.2) is 38.3 Å². The molecule has 0 saturated carbocycles. The number of ether oxygens (including phenoxy) is 2. The Morgan fingerprint density at radius 2 is 1.75 bits per heavy atom. The van der Waals surface area contributed by atoms with Crippen LogP contribution in [0.4, 0.5) is 0 Å². The zero-order chi connectivity index (χ0) is 20.4. The summed E-state index contributed by atoms with van der Waals surface area (Å²) in [4.78, 5) is 23.7. The van der Waals surface area contributed by atoms with Crippen molar-refractivity contribution >= 4 is 23.6 Å². The van der Waals surface area contributed by atoms with Gasteiger partial charge in [-0.15, -0.1) is 0 Å². The van der Waals surface area contributed by atoms with Gasteiger partial charge in [0.2, 0.25) is 5.91 Å². The lowest BCUT2D eigenvalue weighted by atomic mass is 10.1. The summed E-state index contributed by atoms with van der Waals surface area (Å²) in [7, 11) is 3.15. The fourth-order valence-corrected chi connectivity index (χ4v) is 2.28. The van der Waals surface area contributed by atoms with Crippen LogP contribution in [0.15, 0.2) is 59.7 Å². The maximum absolute atomic E-state index is 11.9. The molecule has 2 aromatic rings. The van der Waals surface area contributed by atoms with Gasteiger partial charge in [0.25, 0.3) is 5.91 Å². The molecule has 0 saturated heterocycles. The third-order valence-corrected chi connectivity index (χ3v) is 3.83. The number of methoxy groups -OCH3 is 2. The van der Waals surface area contributed by atoms with Crippen molar-refractivity contribution in [2.75, 3.05) is 20.8 Å². The highest BCUT2D eigenvalue weighted by Crippen LogP contribution is 2.18. The van der Waals surface area contributed by atoms with Gasteiger partial charge in [-0.25, -0.2) is 5.43 Å². The summed E-state index contributed by atoms with van der Waals surface area (Å²) < 4.78 is 10.3. The second-order valence-corrected chi connectivity index (χ2v) is 5.75. The standard InChI is InChI=1S/C21H23N3O4/c1-15(16-8-11-18(27-2)12-9-16)23-24-21(26)14-22-20(25)13-10-17-6-4-5-7-19(17)28-3/h4-13H,14H2,1-3H3,(H,22,25)(H,24,26)/b13-10+,23-15+. The first-order valence-corrected chi connectivity index (χ1v) is 8.60. The first-order valence-electron chi connectivity index (χ1n) is 8.60. The predicted molar refractivity (Wildman–Crippen MR) is 108 cm³/mol. The Bertz CT molecular complexity index is 873. The minimum absolute atomic E-state index is 0.186. The monoisotopic (exact) mass is 381 g/mol. The van der Waals surface area contributed by atoms with E-state index in [2.05, 4.69) is 15.8 Å². The van der Waals surface area contributed by atoms with Crippen molar-refractivity contribution in [3.8, 4) is 11.5 Å². The average Bonchev–Trinajstić information content (AvgIpc) is 2.74. The quantitative estimate of drug-likeness (QED) is 0.417. The van der Waals surface area contributed by atoms with Gasteiger partial charge in [0, 0.05) is 11.6 Å². The molecular weight excluding hydrogens is 358 g/mol. The average molecular weight is 381 g/mol. The molecule has 0 unspecified atom stereocenters. The number of carbonyl (C=O) groups excluding carboxylic acids is 2. The molecule has 0 radical (unpaired) electrons. The van der Waals surface area contributed by atoms with Gasteiger partial charge in [-0.1, -0.05) is 18.2 Å². The van der Waals surface area contributed by atoms with Crippen molar-refractivity contribution in [2.45, 2.75) is 6.92 Å². The van der Waals surface area contributed by atoms with Gasteiger partial charge >= 0.3 is 0 Å². The lowest BCUT2D eigenvalue weighted by Gasteiger charge is -2.05. The number of rotatable bonds is 8. The molecule has 0 fully saturated rings. The van der Waals surface area contributed by atoms with Crippen molar-refractivity contribution in [1.29, 1.82) is 0 Å². The molecule has 7 nitrogen and oxygen atoms in total. The van der Waals surface area contributed by atoms with Crippen molar-refractivity contribution in [3.05, 3.63) is 65.7 Å². The summed E-state index contributed by atoms with van der Waals surface area (Å²) in [5.74, 6) is 0.584. The van der Waals surface area contributed by atoms with Crippen molar-refractivity contribution < 1.29 is 19.1 Å². The summed E-state index contributed by atoms with van der Waals surface area (Å²) in [5, 5.41) is 6.54. The summed E-state index contributed by atoms with van der Waals surface area (Å²) in [6, 6.07) is 14.6. The van der Waals surface area contributed by atoms with E-state index in [0.29, 0.717) is 11.5 Å². The Morgan fingerprint density at radius 3 is 2.43 bits per heavy atom. The second kappa shape index (κ2) is 10.5. The molecule has 0 aromatic heterocycles. The Morgan fingerprint density at radius 1 is 1.04 bits per heavy atom. The lowest BCUT2D eigenvalue weighted by molar-refractivity contribution is -0.123. The molecule has 0 spiro atoms. The van der Waals surface area contributed by atoms with Crippen molar-refractivity contribution in [1.82, 2.24) is 10.7 Å². The molecule has 146 valence electrons.